The summed E-state index contributed by atoms with van der Waals surface area (Å²) >= 11 is 9.61. The van der Waals surface area contributed by atoms with Gasteiger partial charge in [0.15, 0.2) is 0 Å². The number of carbonyl (C=O) groups excluding carboxylic acids is 1. The lowest BCUT2D eigenvalue weighted by Gasteiger charge is -2.29. The molecule has 3 nitrogen and oxygen atoms in total. The number of halogens is 2. The average molecular weight is 390 g/mol. The monoisotopic (exact) mass is 388 g/mol. The van der Waals surface area contributed by atoms with Crippen molar-refractivity contribution in [2.75, 3.05) is 6.54 Å². The molecule has 5 heteroatoms. The van der Waals surface area contributed by atoms with Gasteiger partial charge in [0.25, 0.3) is 5.91 Å². The van der Waals surface area contributed by atoms with Crippen LogP contribution in [0.2, 0.25) is 5.02 Å². The molecule has 1 aliphatic heterocycles. The highest BCUT2D eigenvalue weighted by molar-refractivity contribution is 9.10. The first-order chi connectivity index (χ1) is 11.1. The van der Waals surface area contributed by atoms with Crippen LogP contribution in [0, 0.1) is 0 Å². The van der Waals surface area contributed by atoms with Crippen molar-refractivity contribution in [3.8, 4) is 0 Å². The molecule has 3 aromatic rings. The molecule has 0 aliphatic carbocycles. The van der Waals surface area contributed by atoms with Gasteiger partial charge in [0.05, 0.1) is 5.56 Å². The normalized spacial score (nSPS) is 14.1. The van der Waals surface area contributed by atoms with E-state index in [0.29, 0.717) is 17.1 Å². The van der Waals surface area contributed by atoms with E-state index in [1.54, 1.807) is 6.20 Å². The quantitative estimate of drug-likeness (QED) is 0.638. The molecule has 0 radical (unpaired) electrons. The Morgan fingerprint density at radius 3 is 3.00 bits per heavy atom. The van der Waals surface area contributed by atoms with Crippen molar-refractivity contribution in [2.45, 2.75) is 13.0 Å². The van der Waals surface area contributed by atoms with Gasteiger partial charge in [-0.2, -0.15) is 0 Å². The summed E-state index contributed by atoms with van der Waals surface area (Å²) in [5.74, 6) is 0.0555. The van der Waals surface area contributed by atoms with Crippen LogP contribution in [0.3, 0.4) is 0 Å². The van der Waals surface area contributed by atoms with Gasteiger partial charge in [-0.05, 0) is 35.7 Å². The van der Waals surface area contributed by atoms with Gasteiger partial charge in [-0.3, -0.25) is 4.79 Å². The van der Waals surface area contributed by atoms with Crippen LogP contribution in [-0.4, -0.2) is 22.3 Å². The first-order valence-corrected chi connectivity index (χ1v) is 8.63. The van der Waals surface area contributed by atoms with Crippen molar-refractivity contribution in [1.82, 2.24) is 9.88 Å². The zero-order valence-electron chi connectivity index (χ0n) is 12.3. The molecule has 116 valence electrons. The Bertz CT molecular complexity index is 919. The Labute approximate surface area is 147 Å². The highest BCUT2D eigenvalue weighted by Crippen LogP contribution is 2.29. The summed E-state index contributed by atoms with van der Waals surface area (Å²) in [6.07, 6.45) is 2.66. The van der Waals surface area contributed by atoms with Crippen molar-refractivity contribution in [3.05, 3.63) is 68.8 Å². The molecule has 1 aromatic heterocycles. The molecule has 1 N–H and O–H groups in total. The fourth-order valence-electron chi connectivity index (χ4n) is 3.16. The molecule has 2 heterocycles. The van der Waals surface area contributed by atoms with E-state index in [2.05, 4.69) is 27.0 Å². The summed E-state index contributed by atoms with van der Waals surface area (Å²) in [6.45, 7) is 1.37. The molecule has 2 aromatic carbocycles. The lowest BCUT2D eigenvalue weighted by atomic mass is 9.99. The SMILES string of the molecule is O=C(c1c[nH]c2cc(Cl)ccc12)N1CCc2cccc(Br)c2C1. The Hall–Kier alpha value is -1.78. The van der Waals surface area contributed by atoms with Crippen LogP contribution in [0.15, 0.2) is 47.1 Å². The lowest BCUT2D eigenvalue weighted by Crippen LogP contribution is -2.36. The lowest BCUT2D eigenvalue weighted by molar-refractivity contribution is 0.0736. The molecular weight excluding hydrogens is 376 g/mol. The predicted molar refractivity (Wildman–Crippen MR) is 95.9 cm³/mol. The fourth-order valence-corrected chi connectivity index (χ4v) is 3.86. The predicted octanol–water partition coefficient (Wildman–Crippen LogP) is 4.78. The first kappa shape index (κ1) is 14.8. The van der Waals surface area contributed by atoms with E-state index in [1.807, 2.05) is 35.2 Å². The number of H-pyrrole nitrogens is 1. The summed E-state index contributed by atoms with van der Waals surface area (Å²) in [6, 6.07) is 11.8. The number of hydrogen-bond donors (Lipinski definition) is 1. The second kappa shape index (κ2) is 5.69. The molecule has 0 saturated carbocycles. The second-order valence-electron chi connectivity index (χ2n) is 5.75. The molecule has 23 heavy (non-hydrogen) atoms. The molecular formula is C18H14BrClN2O. The maximum absolute atomic E-state index is 12.9. The molecule has 1 amide bonds. The summed E-state index contributed by atoms with van der Waals surface area (Å²) in [4.78, 5) is 18.0. The minimum Gasteiger partial charge on any atom is -0.360 e. The molecule has 0 bridgehead atoms. The van der Waals surface area contributed by atoms with Crippen LogP contribution >= 0.6 is 27.5 Å². The highest BCUT2D eigenvalue weighted by Gasteiger charge is 2.24. The number of benzene rings is 2. The summed E-state index contributed by atoms with van der Waals surface area (Å²) < 4.78 is 1.07. The van der Waals surface area contributed by atoms with Crippen molar-refractivity contribution >= 4 is 44.3 Å². The van der Waals surface area contributed by atoms with Crippen molar-refractivity contribution < 1.29 is 4.79 Å². The van der Waals surface area contributed by atoms with Crippen LogP contribution in [-0.2, 0) is 13.0 Å². The Morgan fingerprint density at radius 2 is 2.13 bits per heavy atom. The van der Waals surface area contributed by atoms with Gasteiger partial charge in [-0.1, -0.05) is 45.7 Å². The third-order valence-electron chi connectivity index (χ3n) is 4.38. The number of rotatable bonds is 1. The number of nitrogens with one attached hydrogen (secondary N) is 1. The number of amides is 1. The first-order valence-electron chi connectivity index (χ1n) is 7.45. The van der Waals surface area contributed by atoms with Crippen LogP contribution in [0.5, 0.6) is 0 Å². The molecule has 0 unspecified atom stereocenters. The summed E-state index contributed by atoms with van der Waals surface area (Å²) in [5, 5.41) is 1.58. The number of carbonyl (C=O) groups is 1. The number of aromatic nitrogens is 1. The maximum atomic E-state index is 12.9. The summed E-state index contributed by atoms with van der Waals surface area (Å²) in [7, 11) is 0. The highest BCUT2D eigenvalue weighted by atomic mass is 79.9. The minimum absolute atomic E-state index is 0.0555. The van der Waals surface area contributed by atoms with Crippen LogP contribution < -0.4 is 0 Å². The molecule has 1 aliphatic rings. The van der Waals surface area contributed by atoms with Crippen LogP contribution in [0.1, 0.15) is 21.5 Å². The summed E-state index contributed by atoms with van der Waals surface area (Å²) in [5.41, 5.74) is 4.11. The number of aromatic amines is 1. The van der Waals surface area contributed by atoms with E-state index in [4.69, 9.17) is 11.6 Å². The Morgan fingerprint density at radius 1 is 1.26 bits per heavy atom. The van der Waals surface area contributed by atoms with Crippen molar-refractivity contribution in [1.29, 1.82) is 0 Å². The van der Waals surface area contributed by atoms with Crippen molar-refractivity contribution in [2.24, 2.45) is 0 Å². The number of hydrogen-bond acceptors (Lipinski definition) is 1. The molecule has 0 fully saturated rings. The van der Waals surface area contributed by atoms with E-state index >= 15 is 0 Å². The van der Waals surface area contributed by atoms with E-state index < -0.39 is 0 Å². The van der Waals surface area contributed by atoms with E-state index in [9.17, 15) is 4.79 Å². The molecule has 0 spiro atoms. The number of fused-ring (bicyclic) bond motifs is 2. The number of nitrogens with zero attached hydrogens (tertiary/aromatic N) is 1. The zero-order valence-corrected chi connectivity index (χ0v) is 14.6. The van der Waals surface area contributed by atoms with Gasteiger partial charge in [0, 0.05) is 39.7 Å². The van der Waals surface area contributed by atoms with E-state index in [-0.39, 0.29) is 5.91 Å². The maximum Gasteiger partial charge on any atom is 0.256 e. The van der Waals surface area contributed by atoms with Gasteiger partial charge < -0.3 is 9.88 Å². The van der Waals surface area contributed by atoms with E-state index in [1.165, 1.54) is 11.1 Å². The molecule has 0 saturated heterocycles. The minimum atomic E-state index is 0.0555. The van der Waals surface area contributed by atoms with Gasteiger partial charge in [0.1, 0.15) is 0 Å². The van der Waals surface area contributed by atoms with Gasteiger partial charge >= 0.3 is 0 Å². The van der Waals surface area contributed by atoms with E-state index in [0.717, 1.165) is 28.3 Å². The largest absolute Gasteiger partial charge is 0.360 e. The van der Waals surface area contributed by atoms with Crippen LogP contribution in [0.25, 0.3) is 10.9 Å². The third-order valence-corrected chi connectivity index (χ3v) is 5.36. The van der Waals surface area contributed by atoms with Gasteiger partial charge in [-0.15, -0.1) is 0 Å². The average Bonchev–Trinajstić information content (AvgIpc) is 2.97. The van der Waals surface area contributed by atoms with Crippen molar-refractivity contribution in [3.63, 3.8) is 0 Å². The molecule has 4 rings (SSSR count). The van der Waals surface area contributed by atoms with Gasteiger partial charge in [-0.25, -0.2) is 0 Å². The standard InChI is InChI=1S/C18H14BrClN2O/c19-16-3-1-2-11-6-7-22(10-15(11)16)18(23)14-9-21-17-8-12(20)4-5-13(14)17/h1-5,8-9,21H,6-7,10H2. The Balaban J connectivity index is 1.68. The third kappa shape index (κ3) is 2.56. The Kier molecular flexibility index (Phi) is 3.66. The topological polar surface area (TPSA) is 36.1 Å². The smallest absolute Gasteiger partial charge is 0.256 e. The fraction of sp³-hybridized carbons (Fsp3) is 0.167. The zero-order chi connectivity index (χ0) is 16.0. The van der Waals surface area contributed by atoms with Crippen LogP contribution in [0.4, 0.5) is 0 Å². The van der Waals surface area contributed by atoms with Gasteiger partial charge in [0.2, 0.25) is 0 Å². The molecule has 0 atom stereocenters. The second-order valence-corrected chi connectivity index (χ2v) is 7.04.